The Morgan fingerprint density at radius 2 is 2.11 bits per heavy atom. The van der Waals surface area contributed by atoms with Crippen LogP contribution in [0, 0.1) is 0 Å². The van der Waals surface area contributed by atoms with E-state index in [1.165, 1.54) is 6.07 Å². The van der Waals surface area contributed by atoms with Gasteiger partial charge in [-0.25, -0.2) is 13.8 Å². The molecule has 0 spiro atoms. The van der Waals surface area contributed by atoms with Gasteiger partial charge in [0.25, 0.3) is 6.43 Å². The number of aromatic nitrogens is 4. The van der Waals surface area contributed by atoms with Gasteiger partial charge in [0.05, 0.1) is 12.0 Å². The second-order valence-electron chi connectivity index (χ2n) is 5.99. The second kappa shape index (κ2) is 7.75. The van der Waals surface area contributed by atoms with Crippen molar-refractivity contribution in [3.8, 4) is 17.4 Å². The first-order valence-electron chi connectivity index (χ1n) is 8.44. The summed E-state index contributed by atoms with van der Waals surface area (Å²) < 4.78 is 40.8. The molecule has 4 heterocycles. The molecule has 7 nitrogen and oxygen atoms in total. The van der Waals surface area contributed by atoms with Gasteiger partial charge in [0.15, 0.2) is 6.61 Å². The molecule has 1 fully saturated rings. The molecular weight excluding hydrogens is 358 g/mol. The zero-order valence-electron chi connectivity index (χ0n) is 14.2. The fourth-order valence-corrected chi connectivity index (χ4v) is 2.97. The summed E-state index contributed by atoms with van der Waals surface area (Å²) in [7, 11) is 0. The van der Waals surface area contributed by atoms with Crippen molar-refractivity contribution in [2.24, 2.45) is 0 Å². The molecule has 0 N–H and O–H groups in total. The van der Waals surface area contributed by atoms with Crippen LogP contribution in [0.25, 0.3) is 11.5 Å². The predicted molar refractivity (Wildman–Crippen MR) is 89.3 cm³/mol. The van der Waals surface area contributed by atoms with Crippen molar-refractivity contribution in [3.63, 3.8) is 0 Å². The van der Waals surface area contributed by atoms with Crippen LogP contribution < -0.4 is 4.74 Å². The van der Waals surface area contributed by atoms with E-state index >= 15 is 0 Å². The summed E-state index contributed by atoms with van der Waals surface area (Å²) in [5, 5.41) is 3.97. The summed E-state index contributed by atoms with van der Waals surface area (Å²) in [6.07, 6.45) is 1.42. The predicted octanol–water partition coefficient (Wildman–Crippen LogP) is 3.42. The van der Waals surface area contributed by atoms with E-state index in [2.05, 4.69) is 20.1 Å². The van der Waals surface area contributed by atoms with Crippen LogP contribution in [-0.4, -0.2) is 39.7 Å². The number of hydrogen-bond donors (Lipinski definition) is 0. The topological polar surface area (TPSA) is 83.2 Å². The quantitative estimate of drug-likeness (QED) is 0.654. The zero-order chi connectivity index (χ0) is 18.6. The van der Waals surface area contributed by atoms with Crippen molar-refractivity contribution in [2.75, 3.05) is 13.2 Å². The van der Waals surface area contributed by atoms with E-state index in [9.17, 15) is 8.78 Å². The van der Waals surface area contributed by atoms with Crippen LogP contribution in [0.3, 0.4) is 0 Å². The molecule has 27 heavy (non-hydrogen) atoms. The van der Waals surface area contributed by atoms with Crippen LogP contribution in [0.1, 0.15) is 29.9 Å². The fraction of sp³-hybridized carbons (Fsp3) is 0.333. The Bertz CT molecular complexity index is 891. The number of hydrogen-bond acceptors (Lipinski definition) is 7. The smallest absolute Gasteiger partial charge is 0.272 e. The summed E-state index contributed by atoms with van der Waals surface area (Å²) >= 11 is 0. The fourth-order valence-electron chi connectivity index (χ4n) is 2.97. The van der Waals surface area contributed by atoms with E-state index in [1.807, 2.05) is 12.1 Å². The molecule has 0 aliphatic carbocycles. The molecule has 0 radical (unpaired) electrons. The molecule has 9 heteroatoms. The lowest BCUT2D eigenvalue weighted by Gasteiger charge is -2.14. The lowest BCUT2D eigenvalue weighted by atomic mass is 9.96. The Balaban J connectivity index is 1.54. The molecular formula is C18H16F2N4O3. The number of pyridine rings is 2. The van der Waals surface area contributed by atoms with Crippen LogP contribution in [0.5, 0.6) is 5.88 Å². The first-order valence-corrected chi connectivity index (χ1v) is 8.44. The molecule has 0 saturated carbocycles. The van der Waals surface area contributed by atoms with Gasteiger partial charge in [0, 0.05) is 25.1 Å². The minimum atomic E-state index is -2.57. The molecule has 0 unspecified atom stereocenters. The molecule has 1 aliphatic heterocycles. The highest BCUT2D eigenvalue weighted by Crippen LogP contribution is 2.41. The number of rotatable bonds is 6. The van der Waals surface area contributed by atoms with Crippen LogP contribution in [0.2, 0.25) is 0 Å². The maximum Gasteiger partial charge on any atom is 0.272 e. The van der Waals surface area contributed by atoms with Crippen LogP contribution in [0.4, 0.5) is 8.78 Å². The normalized spacial score (nSPS) is 19.5. The second-order valence-corrected chi connectivity index (χ2v) is 5.99. The number of nitrogens with zero attached hydrogens (tertiary/aromatic N) is 4. The molecule has 140 valence electrons. The first kappa shape index (κ1) is 17.5. The van der Waals surface area contributed by atoms with Gasteiger partial charge < -0.3 is 14.0 Å². The average molecular weight is 374 g/mol. The van der Waals surface area contributed by atoms with Gasteiger partial charge in [-0.1, -0.05) is 17.3 Å². The van der Waals surface area contributed by atoms with Crippen molar-refractivity contribution in [1.82, 2.24) is 20.1 Å². The SMILES string of the molecule is FC(F)COc1cccc(-c2noc([C@H]3CCO[C@@H]3c3cccnc3)n2)n1. The van der Waals surface area contributed by atoms with Gasteiger partial charge in [-0.15, -0.1) is 0 Å². The van der Waals surface area contributed by atoms with E-state index in [0.29, 0.717) is 18.2 Å². The monoisotopic (exact) mass is 374 g/mol. The average Bonchev–Trinajstić information content (AvgIpc) is 3.36. The Labute approximate surface area is 153 Å². The molecule has 4 rings (SSSR count). The summed E-state index contributed by atoms with van der Waals surface area (Å²) in [5.41, 5.74) is 1.33. The molecule has 0 aromatic carbocycles. The highest BCUT2D eigenvalue weighted by Gasteiger charge is 2.35. The zero-order valence-corrected chi connectivity index (χ0v) is 14.2. The van der Waals surface area contributed by atoms with Crippen LogP contribution in [-0.2, 0) is 4.74 Å². The highest BCUT2D eigenvalue weighted by atomic mass is 19.3. The van der Waals surface area contributed by atoms with E-state index in [-0.39, 0.29) is 23.7 Å². The Kier molecular flexibility index (Phi) is 5.01. The number of alkyl halides is 2. The van der Waals surface area contributed by atoms with Gasteiger partial charge in [-0.3, -0.25) is 4.98 Å². The van der Waals surface area contributed by atoms with E-state index in [4.69, 9.17) is 14.0 Å². The van der Waals surface area contributed by atoms with Crippen molar-refractivity contribution < 1.29 is 22.8 Å². The van der Waals surface area contributed by atoms with E-state index < -0.39 is 13.0 Å². The lowest BCUT2D eigenvalue weighted by molar-refractivity contribution is 0.0796. The van der Waals surface area contributed by atoms with Gasteiger partial charge >= 0.3 is 0 Å². The summed E-state index contributed by atoms with van der Waals surface area (Å²) in [4.78, 5) is 12.7. The van der Waals surface area contributed by atoms with Gasteiger partial charge in [0.2, 0.25) is 17.6 Å². The van der Waals surface area contributed by atoms with Crippen LogP contribution in [0.15, 0.2) is 47.2 Å². The molecule has 3 aromatic heterocycles. The highest BCUT2D eigenvalue weighted by molar-refractivity contribution is 5.49. The molecule has 0 amide bonds. The number of ether oxygens (including phenoxy) is 2. The Hall–Kier alpha value is -2.94. The molecule has 3 aromatic rings. The maximum atomic E-state index is 12.3. The van der Waals surface area contributed by atoms with Crippen LogP contribution >= 0.6 is 0 Å². The summed E-state index contributed by atoms with van der Waals surface area (Å²) in [6.45, 7) is -0.142. The third kappa shape index (κ3) is 3.92. The Morgan fingerprint density at radius 1 is 1.19 bits per heavy atom. The Morgan fingerprint density at radius 3 is 2.93 bits per heavy atom. The molecule has 0 bridgehead atoms. The number of halogens is 2. The largest absolute Gasteiger partial charge is 0.472 e. The lowest BCUT2D eigenvalue weighted by Crippen LogP contribution is -2.08. The summed E-state index contributed by atoms with van der Waals surface area (Å²) in [6, 6.07) is 8.58. The minimum Gasteiger partial charge on any atom is -0.472 e. The third-order valence-corrected chi connectivity index (χ3v) is 4.17. The minimum absolute atomic E-state index is 0.0802. The van der Waals surface area contributed by atoms with Crippen molar-refractivity contribution in [1.29, 1.82) is 0 Å². The first-order chi connectivity index (χ1) is 13.2. The third-order valence-electron chi connectivity index (χ3n) is 4.17. The molecule has 1 saturated heterocycles. The van der Waals surface area contributed by atoms with E-state index in [0.717, 1.165) is 12.0 Å². The van der Waals surface area contributed by atoms with Gasteiger partial charge in [0.1, 0.15) is 5.69 Å². The van der Waals surface area contributed by atoms with Crippen molar-refractivity contribution >= 4 is 0 Å². The molecule has 2 atom stereocenters. The van der Waals surface area contributed by atoms with Gasteiger partial charge in [-0.05, 0) is 24.1 Å². The van der Waals surface area contributed by atoms with E-state index in [1.54, 1.807) is 24.5 Å². The van der Waals surface area contributed by atoms with Crippen molar-refractivity contribution in [2.45, 2.75) is 24.9 Å². The standard InChI is InChI=1S/C18H16F2N4O3/c19-14(20)10-26-15-5-1-4-13(22-15)17-23-18(27-24-17)12-6-8-25-16(12)11-3-2-7-21-9-11/h1-5,7,9,12,14,16H,6,8,10H2/t12-,16+/m0/s1. The maximum absolute atomic E-state index is 12.3. The molecule has 1 aliphatic rings. The van der Waals surface area contributed by atoms with Crippen molar-refractivity contribution in [3.05, 3.63) is 54.2 Å². The summed E-state index contributed by atoms with van der Waals surface area (Å²) in [5.74, 6) is 0.701. The van der Waals surface area contributed by atoms with Gasteiger partial charge in [-0.2, -0.15) is 4.98 Å².